The number of amides is 1. The molecule has 0 aliphatic rings. The van der Waals surface area contributed by atoms with Crippen LogP contribution in [0.1, 0.15) is 25.0 Å². The molecule has 0 aliphatic carbocycles. The quantitative estimate of drug-likeness (QED) is 0.225. The van der Waals surface area contributed by atoms with Gasteiger partial charge in [0, 0.05) is 13.1 Å². The molecule has 9 nitrogen and oxygen atoms in total. The largest absolute Gasteiger partial charge is 0.445 e. The van der Waals surface area contributed by atoms with Crippen molar-refractivity contribution in [3.63, 3.8) is 0 Å². The van der Waals surface area contributed by atoms with Gasteiger partial charge in [0.2, 0.25) is 10.0 Å². The first-order valence-corrected chi connectivity index (χ1v) is 15.2. The van der Waals surface area contributed by atoms with Gasteiger partial charge in [0.05, 0.1) is 27.3 Å². The van der Waals surface area contributed by atoms with Crippen LogP contribution in [0.2, 0.25) is 0 Å². The number of carbonyl (C=O) groups excluding carboxylic acids is 1. The number of nitrogens with zero attached hydrogens (tertiary/aromatic N) is 2. The molecule has 4 aromatic rings. The summed E-state index contributed by atoms with van der Waals surface area (Å²) in [5.74, 6) is -0.0128. The second kappa shape index (κ2) is 13.2. The number of aliphatic hydroxyl groups excluding tert-OH is 1. The molecule has 3 aromatic carbocycles. The van der Waals surface area contributed by atoms with Gasteiger partial charge in [0.25, 0.3) is 0 Å². The van der Waals surface area contributed by atoms with Gasteiger partial charge in [0.1, 0.15) is 6.61 Å². The highest BCUT2D eigenvalue weighted by atomic mass is 32.2. The molecule has 0 saturated carbocycles. The number of anilines is 1. The van der Waals surface area contributed by atoms with Gasteiger partial charge in [-0.05, 0) is 41.7 Å². The number of nitrogens with one attached hydrogen (secondary N) is 1. The summed E-state index contributed by atoms with van der Waals surface area (Å²) in [4.78, 5) is 17.0. The van der Waals surface area contributed by atoms with Crippen LogP contribution < -0.4 is 11.1 Å². The number of thiazole rings is 1. The summed E-state index contributed by atoms with van der Waals surface area (Å²) in [5, 5.41) is 14.5. The SMILES string of the molecule is CC(C)CN(C[C@@H](O)C(Cc1ccccc1)NC(=O)OCc1ccccc1)S(=O)(=O)c1ccc2nc(N)sc2c1. The number of alkyl carbamates (subject to hydrolysis) is 1. The summed E-state index contributed by atoms with van der Waals surface area (Å²) in [7, 11) is -3.99. The molecule has 0 saturated heterocycles. The Morgan fingerprint density at radius 3 is 2.33 bits per heavy atom. The molecule has 212 valence electrons. The van der Waals surface area contributed by atoms with Crippen LogP contribution in [0, 0.1) is 5.92 Å². The Labute approximate surface area is 238 Å². The lowest BCUT2D eigenvalue weighted by atomic mass is 10.0. The van der Waals surface area contributed by atoms with Crippen molar-refractivity contribution in [1.82, 2.24) is 14.6 Å². The van der Waals surface area contributed by atoms with E-state index in [1.165, 1.54) is 21.7 Å². The Morgan fingerprint density at radius 2 is 1.68 bits per heavy atom. The lowest BCUT2D eigenvalue weighted by Gasteiger charge is -2.30. The van der Waals surface area contributed by atoms with Crippen molar-refractivity contribution in [2.75, 3.05) is 18.8 Å². The van der Waals surface area contributed by atoms with Crippen LogP contribution in [0.25, 0.3) is 10.2 Å². The van der Waals surface area contributed by atoms with Crippen molar-refractivity contribution >= 4 is 42.8 Å². The molecule has 1 heterocycles. The Morgan fingerprint density at radius 1 is 1.02 bits per heavy atom. The van der Waals surface area contributed by atoms with Gasteiger partial charge in [-0.1, -0.05) is 85.8 Å². The molecule has 1 unspecified atom stereocenters. The summed E-state index contributed by atoms with van der Waals surface area (Å²) in [6.07, 6.45) is -1.64. The zero-order chi connectivity index (χ0) is 28.7. The Kier molecular flexibility index (Phi) is 9.75. The van der Waals surface area contributed by atoms with Crippen LogP contribution in [0.3, 0.4) is 0 Å². The topological polar surface area (TPSA) is 135 Å². The van der Waals surface area contributed by atoms with Crippen LogP contribution in [0.5, 0.6) is 0 Å². The highest BCUT2D eigenvalue weighted by Crippen LogP contribution is 2.28. The van der Waals surface area contributed by atoms with Crippen molar-refractivity contribution in [3.05, 3.63) is 90.0 Å². The third kappa shape index (κ3) is 7.79. The number of hydrogen-bond donors (Lipinski definition) is 3. The van der Waals surface area contributed by atoms with Crippen LogP contribution in [0.15, 0.2) is 83.8 Å². The van der Waals surface area contributed by atoms with Gasteiger partial charge in [-0.25, -0.2) is 18.2 Å². The Balaban J connectivity index is 1.55. The number of nitrogen functional groups attached to an aromatic ring is 1. The van der Waals surface area contributed by atoms with Crippen LogP contribution in [-0.2, 0) is 27.8 Å². The molecule has 1 aromatic heterocycles. The maximum Gasteiger partial charge on any atom is 0.407 e. The fourth-order valence-corrected chi connectivity index (χ4v) is 6.81. The van der Waals surface area contributed by atoms with Crippen molar-refractivity contribution in [2.24, 2.45) is 5.92 Å². The smallest absolute Gasteiger partial charge is 0.407 e. The minimum atomic E-state index is -3.99. The summed E-state index contributed by atoms with van der Waals surface area (Å²) in [6, 6.07) is 22.5. The predicted molar refractivity (Wildman–Crippen MR) is 157 cm³/mol. The van der Waals surface area contributed by atoms with Gasteiger partial charge in [0.15, 0.2) is 5.13 Å². The summed E-state index contributed by atoms with van der Waals surface area (Å²) < 4.78 is 34.9. The average molecular weight is 583 g/mol. The second-order valence-corrected chi connectivity index (χ2v) is 13.0. The molecule has 40 heavy (non-hydrogen) atoms. The molecule has 2 atom stereocenters. The molecule has 4 rings (SSSR count). The van der Waals surface area contributed by atoms with Crippen molar-refractivity contribution in [2.45, 2.75) is 43.9 Å². The molecule has 0 aliphatic heterocycles. The third-order valence-electron chi connectivity index (χ3n) is 6.25. The fraction of sp³-hybridized carbons (Fsp3) is 0.310. The van der Waals surface area contributed by atoms with E-state index in [0.29, 0.717) is 15.3 Å². The van der Waals surface area contributed by atoms with Crippen LogP contribution >= 0.6 is 11.3 Å². The number of carbonyl (C=O) groups is 1. The lowest BCUT2D eigenvalue weighted by Crippen LogP contribution is -2.51. The van der Waals surface area contributed by atoms with E-state index in [9.17, 15) is 18.3 Å². The molecule has 11 heteroatoms. The predicted octanol–water partition coefficient (Wildman–Crippen LogP) is 4.42. The number of hydrogen-bond acceptors (Lipinski definition) is 8. The number of aliphatic hydroxyl groups is 1. The molecule has 0 spiro atoms. The molecular weight excluding hydrogens is 548 g/mol. The number of rotatable bonds is 12. The number of nitrogens with two attached hydrogens (primary N) is 1. The van der Waals surface area contributed by atoms with Crippen LogP contribution in [-0.4, -0.2) is 54.1 Å². The second-order valence-electron chi connectivity index (χ2n) is 9.97. The molecule has 4 N–H and O–H groups in total. The zero-order valence-electron chi connectivity index (χ0n) is 22.4. The van der Waals surface area contributed by atoms with E-state index in [-0.39, 0.29) is 36.9 Å². The van der Waals surface area contributed by atoms with E-state index >= 15 is 0 Å². The normalized spacial score (nSPS) is 13.4. The Bertz CT molecular complexity index is 1510. The average Bonchev–Trinajstić information content (AvgIpc) is 3.31. The molecule has 0 fully saturated rings. The van der Waals surface area contributed by atoms with E-state index in [4.69, 9.17) is 10.5 Å². The maximum absolute atomic E-state index is 13.8. The molecular formula is C29H34N4O5S2. The molecule has 0 radical (unpaired) electrons. The highest BCUT2D eigenvalue weighted by Gasteiger charge is 2.32. The van der Waals surface area contributed by atoms with Crippen molar-refractivity contribution in [1.29, 1.82) is 0 Å². The number of fused-ring (bicyclic) bond motifs is 1. The van der Waals surface area contributed by atoms with Gasteiger partial charge in [-0.15, -0.1) is 0 Å². The summed E-state index contributed by atoms with van der Waals surface area (Å²) in [6.45, 7) is 3.84. The van der Waals surface area contributed by atoms with Gasteiger partial charge in [-0.2, -0.15) is 4.31 Å². The first-order chi connectivity index (χ1) is 19.1. The van der Waals surface area contributed by atoms with Crippen molar-refractivity contribution < 1.29 is 23.1 Å². The fourth-order valence-electron chi connectivity index (χ4n) is 4.31. The first kappa shape index (κ1) is 29.5. The first-order valence-electron chi connectivity index (χ1n) is 13.0. The number of benzene rings is 3. The van der Waals surface area contributed by atoms with E-state index in [1.54, 1.807) is 12.1 Å². The molecule has 0 bridgehead atoms. The third-order valence-corrected chi connectivity index (χ3v) is 8.93. The van der Waals surface area contributed by atoms with Crippen molar-refractivity contribution in [3.8, 4) is 0 Å². The summed E-state index contributed by atoms with van der Waals surface area (Å²) >= 11 is 1.21. The van der Waals surface area contributed by atoms with Gasteiger partial charge in [-0.3, -0.25) is 0 Å². The standard InChI is InChI=1S/C29H34N4O5S2/c1-20(2)17-33(40(36,37)23-13-14-24-27(16-23)39-28(30)31-24)18-26(34)25(15-21-9-5-3-6-10-21)32-29(35)38-19-22-11-7-4-8-12-22/h3-14,16,20,25-26,34H,15,17-19H2,1-2H3,(H2,30,31)(H,32,35)/t25?,26-/m1/s1. The molecule has 1 amide bonds. The highest BCUT2D eigenvalue weighted by molar-refractivity contribution is 7.89. The van der Waals surface area contributed by atoms with Gasteiger partial charge >= 0.3 is 6.09 Å². The minimum absolute atomic E-state index is 0.0128. The maximum atomic E-state index is 13.8. The monoisotopic (exact) mass is 582 g/mol. The van der Waals surface area contributed by atoms with E-state index in [1.807, 2.05) is 74.5 Å². The summed E-state index contributed by atoms with van der Waals surface area (Å²) in [5.41, 5.74) is 8.13. The number of aromatic nitrogens is 1. The lowest BCUT2D eigenvalue weighted by molar-refractivity contribution is 0.0873. The van der Waals surface area contributed by atoms with E-state index in [2.05, 4.69) is 10.3 Å². The van der Waals surface area contributed by atoms with Gasteiger partial charge < -0.3 is 20.9 Å². The van der Waals surface area contributed by atoms with E-state index in [0.717, 1.165) is 11.1 Å². The number of sulfonamides is 1. The van der Waals surface area contributed by atoms with E-state index < -0.39 is 28.3 Å². The minimum Gasteiger partial charge on any atom is -0.445 e. The van der Waals surface area contributed by atoms with Crippen LogP contribution in [0.4, 0.5) is 9.93 Å². The number of ether oxygens (including phenoxy) is 1. The zero-order valence-corrected chi connectivity index (χ0v) is 24.1. The Hall–Kier alpha value is -3.51.